The van der Waals surface area contributed by atoms with Crippen LogP contribution in [0.15, 0.2) is 72.4 Å². The number of aromatic amines is 1. The Hall–Kier alpha value is -3.12. The Bertz CT molecular complexity index is 1180. The minimum Gasteiger partial charge on any atom is -0.358 e. The van der Waals surface area contributed by atoms with Gasteiger partial charge in [-0.2, -0.15) is 0 Å². The van der Waals surface area contributed by atoms with Crippen LogP contribution >= 0.6 is 11.8 Å². The molecule has 4 aromatic rings. The number of nitrogens with zero attached hydrogens (tertiary/aromatic N) is 3. The van der Waals surface area contributed by atoms with Crippen molar-refractivity contribution in [3.05, 3.63) is 78.5 Å². The summed E-state index contributed by atoms with van der Waals surface area (Å²) in [6, 6.07) is 17.8. The van der Waals surface area contributed by atoms with Gasteiger partial charge in [-0.1, -0.05) is 66.4 Å². The molecule has 0 saturated heterocycles. The van der Waals surface area contributed by atoms with Crippen LogP contribution < -0.4 is 0 Å². The first-order valence-electron chi connectivity index (χ1n) is 9.48. The maximum atomic E-state index is 13.3. The number of H-pyrrole nitrogens is 1. The lowest BCUT2D eigenvalue weighted by Gasteiger charge is -2.12. The Morgan fingerprint density at radius 3 is 2.66 bits per heavy atom. The number of fused-ring (bicyclic) bond motifs is 1. The third-order valence-electron chi connectivity index (χ3n) is 4.85. The Morgan fingerprint density at radius 2 is 1.90 bits per heavy atom. The van der Waals surface area contributed by atoms with E-state index in [-0.39, 0.29) is 11.0 Å². The van der Waals surface area contributed by atoms with Crippen molar-refractivity contribution in [2.75, 3.05) is 0 Å². The number of carbonyl (C=O) groups is 1. The van der Waals surface area contributed by atoms with Crippen molar-refractivity contribution >= 4 is 28.4 Å². The predicted molar refractivity (Wildman–Crippen MR) is 118 cm³/mol. The van der Waals surface area contributed by atoms with Gasteiger partial charge in [0.15, 0.2) is 16.8 Å². The van der Waals surface area contributed by atoms with Crippen molar-refractivity contribution in [3.8, 4) is 11.4 Å². The maximum Gasteiger partial charge on any atom is 0.192 e. The second-order valence-electron chi connectivity index (χ2n) is 6.87. The summed E-state index contributed by atoms with van der Waals surface area (Å²) in [4.78, 5) is 16.6. The van der Waals surface area contributed by atoms with Gasteiger partial charge in [-0.25, -0.2) is 0 Å². The third-order valence-corrected chi connectivity index (χ3v) is 5.93. The van der Waals surface area contributed by atoms with E-state index in [2.05, 4.69) is 21.8 Å². The molecule has 0 amide bonds. The summed E-state index contributed by atoms with van der Waals surface area (Å²) in [5.74, 6) is 0.857. The molecule has 2 aromatic heterocycles. The van der Waals surface area contributed by atoms with Gasteiger partial charge in [0.05, 0.1) is 5.25 Å². The number of carbonyl (C=O) groups excluding carboxylic acids is 1. The summed E-state index contributed by atoms with van der Waals surface area (Å²) in [5.41, 5.74) is 3.60. The molecule has 0 bridgehead atoms. The minimum absolute atomic E-state index is 0.0827. The highest BCUT2D eigenvalue weighted by atomic mass is 32.2. The first kappa shape index (κ1) is 19.2. The number of ketones is 1. The van der Waals surface area contributed by atoms with Crippen LogP contribution in [0.3, 0.4) is 0 Å². The van der Waals surface area contributed by atoms with Gasteiger partial charge in [0.1, 0.15) is 0 Å². The molecule has 6 heteroatoms. The number of para-hydroxylation sites is 1. The first-order chi connectivity index (χ1) is 14.1. The molecule has 29 heavy (non-hydrogen) atoms. The molecule has 2 heterocycles. The number of nitrogens with one attached hydrogen (secondary N) is 1. The van der Waals surface area contributed by atoms with Crippen LogP contribution in [-0.4, -0.2) is 30.8 Å². The zero-order valence-electron chi connectivity index (χ0n) is 16.4. The fourth-order valence-corrected chi connectivity index (χ4v) is 4.40. The fraction of sp³-hybridized carbons (Fsp3) is 0.174. The Labute approximate surface area is 173 Å². The van der Waals surface area contributed by atoms with Crippen molar-refractivity contribution in [2.24, 2.45) is 0 Å². The SMILES string of the molecule is C=CCn1c(SC(C)C(=O)c2c(C)[nH]c3ccccc23)nnc1-c1ccccc1. The van der Waals surface area contributed by atoms with E-state index >= 15 is 0 Å². The van der Waals surface area contributed by atoms with Gasteiger partial charge in [-0.15, -0.1) is 16.8 Å². The van der Waals surface area contributed by atoms with Gasteiger partial charge < -0.3 is 4.98 Å². The van der Waals surface area contributed by atoms with Crippen LogP contribution in [-0.2, 0) is 6.54 Å². The van der Waals surface area contributed by atoms with E-state index in [9.17, 15) is 4.79 Å². The Kier molecular flexibility index (Phi) is 5.36. The highest BCUT2D eigenvalue weighted by molar-refractivity contribution is 8.00. The second-order valence-corrected chi connectivity index (χ2v) is 8.17. The number of allylic oxidation sites excluding steroid dienone is 1. The topological polar surface area (TPSA) is 63.6 Å². The summed E-state index contributed by atoms with van der Waals surface area (Å²) < 4.78 is 2.00. The molecule has 0 radical (unpaired) electrons. The molecule has 1 atom stereocenters. The van der Waals surface area contributed by atoms with Crippen LogP contribution in [0.4, 0.5) is 0 Å². The van der Waals surface area contributed by atoms with E-state index in [1.54, 1.807) is 0 Å². The van der Waals surface area contributed by atoms with E-state index in [0.717, 1.165) is 33.5 Å². The Morgan fingerprint density at radius 1 is 1.17 bits per heavy atom. The van der Waals surface area contributed by atoms with Gasteiger partial charge in [0, 0.05) is 34.3 Å². The van der Waals surface area contributed by atoms with Gasteiger partial charge in [0.25, 0.3) is 0 Å². The number of Topliss-reactive ketones (excluding diaryl/α,β-unsaturated/α-hetero) is 1. The monoisotopic (exact) mass is 402 g/mol. The molecule has 0 aliphatic carbocycles. The summed E-state index contributed by atoms with van der Waals surface area (Å²) in [7, 11) is 0. The van der Waals surface area contributed by atoms with Crippen molar-refractivity contribution in [1.29, 1.82) is 0 Å². The van der Waals surface area contributed by atoms with Crippen LogP contribution in [0, 0.1) is 6.92 Å². The molecule has 146 valence electrons. The number of aryl methyl sites for hydroxylation is 1. The van der Waals surface area contributed by atoms with E-state index in [0.29, 0.717) is 11.7 Å². The standard InChI is InChI=1S/C23H22N4OS/c1-4-14-27-22(17-10-6-5-7-11-17)25-26-23(27)29-16(3)21(28)20-15(2)24-19-13-9-8-12-18(19)20/h4-13,16,24H,1,14H2,2-3H3. The number of thioether (sulfide) groups is 1. The zero-order valence-corrected chi connectivity index (χ0v) is 17.2. The molecule has 0 aliphatic heterocycles. The highest BCUT2D eigenvalue weighted by Crippen LogP contribution is 2.31. The normalized spacial score (nSPS) is 12.2. The number of hydrogen-bond donors (Lipinski definition) is 1. The number of rotatable bonds is 7. The molecule has 0 saturated carbocycles. The predicted octanol–water partition coefficient (Wildman–Crippen LogP) is 5.28. The zero-order chi connectivity index (χ0) is 20.4. The smallest absolute Gasteiger partial charge is 0.192 e. The molecule has 0 aliphatic rings. The highest BCUT2D eigenvalue weighted by Gasteiger charge is 2.25. The minimum atomic E-state index is -0.302. The average Bonchev–Trinajstić information content (AvgIpc) is 3.28. The summed E-state index contributed by atoms with van der Waals surface area (Å²) in [6.45, 7) is 8.29. The van der Waals surface area contributed by atoms with E-state index in [4.69, 9.17) is 0 Å². The first-order valence-corrected chi connectivity index (χ1v) is 10.4. The summed E-state index contributed by atoms with van der Waals surface area (Å²) >= 11 is 1.43. The van der Waals surface area contributed by atoms with E-state index in [1.807, 2.05) is 79.1 Å². The quantitative estimate of drug-likeness (QED) is 0.259. The third kappa shape index (κ3) is 3.63. The summed E-state index contributed by atoms with van der Waals surface area (Å²) in [5, 5.41) is 10.1. The van der Waals surface area contributed by atoms with Gasteiger partial charge >= 0.3 is 0 Å². The van der Waals surface area contributed by atoms with Gasteiger partial charge in [-0.05, 0) is 19.9 Å². The summed E-state index contributed by atoms with van der Waals surface area (Å²) in [6.07, 6.45) is 1.82. The molecule has 2 aromatic carbocycles. The van der Waals surface area contributed by atoms with Crippen LogP contribution in [0.5, 0.6) is 0 Å². The number of hydrogen-bond acceptors (Lipinski definition) is 4. The van der Waals surface area contributed by atoms with Crippen LogP contribution in [0.2, 0.25) is 0 Å². The lowest BCUT2D eigenvalue weighted by atomic mass is 10.1. The van der Waals surface area contributed by atoms with E-state index < -0.39 is 0 Å². The van der Waals surface area contributed by atoms with Gasteiger partial charge in [-0.3, -0.25) is 9.36 Å². The van der Waals surface area contributed by atoms with Crippen molar-refractivity contribution in [3.63, 3.8) is 0 Å². The molecule has 1 unspecified atom stereocenters. The van der Waals surface area contributed by atoms with Gasteiger partial charge in [0.2, 0.25) is 0 Å². The maximum absolute atomic E-state index is 13.3. The van der Waals surface area contributed by atoms with Crippen molar-refractivity contribution < 1.29 is 4.79 Å². The largest absolute Gasteiger partial charge is 0.358 e. The fourth-order valence-electron chi connectivity index (χ4n) is 3.48. The van der Waals surface area contributed by atoms with Crippen molar-refractivity contribution in [2.45, 2.75) is 30.8 Å². The Balaban J connectivity index is 1.65. The van der Waals surface area contributed by atoms with Crippen LogP contribution in [0.1, 0.15) is 23.0 Å². The molecule has 4 rings (SSSR count). The molecule has 5 nitrogen and oxygen atoms in total. The lowest BCUT2D eigenvalue weighted by molar-refractivity contribution is 0.0995. The molecular formula is C23H22N4OS. The molecular weight excluding hydrogens is 380 g/mol. The molecule has 0 spiro atoms. The van der Waals surface area contributed by atoms with E-state index in [1.165, 1.54) is 11.8 Å². The average molecular weight is 403 g/mol. The van der Waals surface area contributed by atoms with Crippen molar-refractivity contribution in [1.82, 2.24) is 19.7 Å². The lowest BCUT2D eigenvalue weighted by Crippen LogP contribution is -2.15. The number of benzene rings is 2. The molecule has 0 fully saturated rings. The van der Waals surface area contributed by atoms with Crippen LogP contribution in [0.25, 0.3) is 22.3 Å². The molecule has 1 N–H and O–H groups in total. The number of aromatic nitrogens is 4. The second kappa shape index (κ2) is 8.09.